The number of hydrogen-bond donors (Lipinski definition) is 1. The second kappa shape index (κ2) is 8.28. The van der Waals surface area contributed by atoms with E-state index in [9.17, 15) is 0 Å². The molecule has 3 heteroatoms. The van der Waals surface area contributed by atoms with Crippen LogP contribution < -0.4 is 10.1 Å². The molecule has 0 spiro atoms. The van der Waals surface area contributed by atoms with E-state index in [4.69, 9.17) is 4.74 Å². The summed E-state index contributed by atoms with van der Waals surface area (Å²) in [5.41, 5.74) is 1.33. The molecule has 1 saturated heterocycles. The molecular formula is C17H28N2O. The van der Waals surface area contributed by atoms with Crippen LogP contribution in [0.2, 0.25) is 0 Å². The van der Waals surface area contributed by atoms with E-state index in [0.717, 1.165) is 25.3 Å². The van der Waals surface area contributed by atoms with Crippen LogP contribution in [-0.2, 0) is 0 Å². The van der Waals surface area contributed by atoms with Gasteiger partial charge in [0.1, 0.15) is 12.4 Å². The van der Waals surface area contributed by atoms with Crippen LogP contribution in [0.5, 0.6) is 5.75 Å². The quantitative estimate of drug-likeness (QED) is 0.827. The van der Waals surface area contributed by atoms with Crippen molar-refractivity contribution in [1.82, 2.24) is 10.2 Å². The molecule has 1 atom stereocenters. The van der Waals surface area contributed by atoms with Crippen molar-refractivity contribution in [2.45, 2.75) is 38.6 Å². The van der Waals surface area contributed by atoms with Crippen LogP contribution in [0.4, 0.5) is 0 Å². The largest absolute Gasteiger partial charge is 0.492 e. The van der Waals surface area contributed by atoms with Crippen molar-refractivity contribution in [3.05, 3.63) is 29.8 Å². The topological polar surface area (TPSA) is 24.5 Å². The molecule has 0 aromatic heterocycles. The molecule has 0 amide bonds. The summed E-state index contributed by atoms with van der Waals surface area (Å²) in [6.07, 6.45) is 5.18. The van der Waals surface area contributed by atoms with Gasteiger partial charge < -0.3 is 10.1 Å². The van der Waals surface area contributed by atoms with E-state index in [2.05, 4.69) is 41.4 Å². The molecule has 1 fully saturated rings. The third kappa shape index (κ3) is 4.50. The summed E-state index contributed by atoms with van der Waals surface area (Å²) in [6.45, 7) is 6.52. The van der Waals surface area contributed by atoms with Gasteiger partial charge in [0, 0.05) is 12.6 Å². The SMILES string of the molecule is CCC(NC)c1ccc(OCCN2CCCCC2)cc1. The third-order valence-electron chi connectivity index (χ3n) is 4.16. The number of rotatable bonds is 7. The third-order valence-corrected chi connectivity index (χ3v) is 4.16. The van der Waals surface area contributed by atoms with Gasteiger partial charge in [-0.05, 0) is 57.1 Å². The van der Waals surface area contributed by atoms with Gasteiger partial charge in [-0.15, -0.1) is 0 Å². The van der Waals surface area contributed by atoms with Gasteiger partial charge in [-0.1, -0.05) is 25.5 Å². The van der Waals surface area contributed by atoms with Crippen molar-refractivity contribution in [1.29, 1.82) is 0 Å². The van der Waals surface area contributed by atoms with Crippen molar-refractivity contribution in [3.63, 3.8) is 0 Å². The number of nitrogens with one attached hydrogen (secondary N) is 1. The lowest BCUT2D eigenvalue weighted by molar-refractivity contribution is 0.183. The Morgan fingerprint density at radius 1 is 1.15 bits per heavy atom. The number of ether oxygens (including phenoxy) is 1. The van der Waals surface area contributed by atoms with E-state index in [0.29, 0.717) is 6.04 Å². The summed E-state index contributed by atoms with van der Waals surface area (Å²) in [5.74, 6) is 0.983. The van der Waals surface area contributed by atoms with Crippen LogP contribution in [0.1, 0.15) is 44.2 Å². The number of piperidine rings is 1. The zero-order valence-electron chi connectivity index (χ0n) is 12.9. The Balaban J connectivity index is 1.75. The fraction of sp³-hybridized carbons (Fsp3) is 0.647. The zero-order chi connectivity index (χ0) is 14.2. The van der Waals surface area contributed by atoms with Crippen LogP contribution >= 0.6 is 0 Å². The van der Waals surface area contributed by atoms with Crippen LogP contribution in [0, 0.1) is 0 Å². The maximum Gasteiger partial charge on any atom is 0.119 e. The molecule has 1 N–H and O–H groups in total. The minimum atomic E-state index is 0.442. The number of benzene rings is 1. The van der Waals surface area contributed by atoms with E-state index < -0.39 is 0 Å². The summed E-state index contributed by atoms with van der Waals surface area (Å²) >= 11 is 0. The molecule has 0 aliphatic carbocycles. The Bertz CT molecular complexity index is 367. The molecule has 0 radical (unpaired) electrons. The molecule has 1 aromatic carbocycles. The van der Waals surface area contributed by atoms with Crippen LogP contribution in [0.3, 0.4) is 0 Å². The van der Waals surface area contributed by atoms with Gasteiger partial charge in [-0.3, -0.25) is 4.90 Å². The highest BCUT2D eigenvalue weighted by Crippen LogP contribution is 2.19. The predicted molar refractivity (Wildman–Crippen MR) is 84.3 cm³/mol. The van der Waals surface area contributed by atoms with Gasteiger partial charge in [0.2, 0.25) is 0 Å². The second-order valence-corrected chi connectivity index (χ2v) is 5.57. The minimum Gasteiger partial charge on any atom is -0.492 e. The van der Waals surface area contributed by atoms with Crippen LogP contribution in [0.15, 0.2) is 24.3 Å². The molecule has 1 aliphatic heterocycles. The van der Waals surface area contributed by atoms with Crippen molar-refractivity contribution < 1.29 is 4.74 Å². The lowest BCUT2D eigenvalue weighted by Crippen LogP contribution is -2.33. The molecule has 112 valence electrons. The summed E-state index contributed by atoms with van der Waals surface area (Å²) in [6, 6.07) is 8.95. The number of hydrogen-bond acceptors (Lipinski definition) is 3. The van der Waals surface area contributed by atoms with E-state index in [1.54, 1.807) is 0 Å². The monoisotopic (exact) mass is 276 g/mol. The molecule has 1 heterocycles. The Labute approximate surface area is 123 Å². The van der Waals surface area contributed by atoms with Crippen molar-refractivity contribution in [3.8, 4) is 5.75 Å². The van der Waals surface area contributed by atoms with Crippen molar-refractivity contribution in [2.24, 2.45) is 0 Å². The first kappa shape index (κ1) is 15.3. The molecule has 1 unspecified atom stereocenters. The van der Waals surface area contributed by atoms with Gasteiger partial charge >= 0.3 is 0 Å². The van der Waals surface area contributed by atoms with Gasteiger partial charge in [-0.25, -0.2) is 0 Å². The molecule has 2 rings (SSSR count). The Morgan fingerprint density at radius 2 is 1.85 bits per heavy atom. The smallest absolute Gasteiger partial charge is 0.119 e. The lowest BCUT2D eigenvalue weighted by atomic mass is 10.1. The molecular weight excluding hydrogens is 248 g/mol. The number of nitrogens with zero attached hydrogens (tertiary/aromatic N) is 1. The summed E-state index contributed by atoms with van der Waals surface area (Å²) < 4.78 is 5.85. The fourth-order valence-corrected chi connectivity index (χ4v) is 2.88. The number of likely N-dealkylation sites (tertiary alicyclic amines) is 1. The molecule has 3 nitrogen and oxygen atoms in total. The van der Waals surface area contributed by atoms with Gasteiger partial charge in [0.05, 0.1) is 0 Å². The highest BCUT2D eigenvalue weighted by Gasteiger charge is 2.10. The van der Waals surface area contributed by atoms with Crippen molar-refractivity contribution >= 4 is 0 Å². The molecule has 1 aromatic rings. The fourth-order valence-electron chi connectivity index (χ4n) is 2.88. The van der Waals surface area contributed by atoms with Crippen LogP contribution in [0.25, 0.3) is 0 Å². The maximum absolute atomic E-state index is 5.85. The Morgan fingerprint density at radius 3 is 2.45 bits per heavy atom. The van der Waals surface area contributed by atoms with Crippen molar-refractivity contribution in [2.75, 3.05) is 33.3 Å². The van der Waals surface area contributed by atoms with E-state index >= 15 is 0 Å². The van der Waals surface area contributed by atoms with E-state index in [1.165, 1.54) is 37.9 Å². The normalized spacial score (nSPS) is 17.9. The summed E-state index contributed by atoms with van der Waals surface area (Å²) in [4.78, 5) is 2.51. The second-order valence-electron chi connectivity index (χ2n) is 5.57. The van der Waals surface area contributed by atoms with E-state index in [1.807, 2.05) is 7.05 Å². The first-order valence-electron chi connectivity index (χ1n) is 7.96. The lowest BCUT2D eigenvalue weighted by Gasteiger charge is -2.26. The zero-order valence-corrected chi connectivity index (χ0v) is 12.9. The summed E-state index contributed by atoms with van der Waals surface area (Å²) in [7, 11) is 2.01. The molecule has 1 aliphatic rings. The first-order valence-corrected chi connectivity index (χ1v) is 7.96. The molecule has 20 heavy (non-hydrogen) atoms. The average molecular weight is 276 g/mol. The van der Waals surface area contributed by atoms with Gasteiger partial charge in [0.15, 0.2) is 0 Å². The molecule has 0 bridgehead atoms. The van der Waals surface area contributed by atoms with E-state index in [-0.39, 0.29) is 0 Å². The van der Waals surface area contributed by atoms with Gasteiger partial charge in [-0.2, -0.15) is 0 Å². The van der Waals surface area contributed by atoms with Crippen LogP contribution in [-0.4, -0.2) is 38.2 Å². The van der Waals surface area contributed by atoms with Gasteiger partial charge in [0.25, 0.3) is 0 Å². The first-order chi connectivity index (χ1) is 9.83. The average Bonchev–Trinajstić information content (AvgIpc) is 2.51. The maximum atomic E-state index is 5.85. The highest BCUT2D eigenvalue weighted by atomic mass is 16.5. The highest BCUT2D eigenvalue weighted by molar-refractivity contribution is 5.29. The summed E-state index contributed by atoms with van der Waals surface area (Å²) in [5, 5.41) is 3.33. The predicted octanol–water partition coefficient (Wildman–Crippen LogP) is 3.22. The minimum absolute atomic E-state index is 0.442. The Kier molecular flexibility index (Phi) is 6.34. The molecule has 0 saturated carbocycles. The Hall–Kier alpha value is -1.06. The standard InChI is InChI=1S/C17H28N2O/c1-3-17(18-2)15-7-9-16(10-8-15)20-14-13-19-11-5-4-6-12-19/h7-10,17-18H,3-6,11-14H2,1-2H3.